The van der Waals surface area contributed by atoms with Gasteiger partial charge in [-0.25, -0.2) is 14.2 Å². The van der Waals surface area contributed by atoms with Crippen molar-refractivity contribution in [2.45, 2.75) is 25.9 Å². The Bertz CT molecular complexity index is 1840. The zero-order chi connectivity index (χ0) is 29.3. The van der Waals surface area contributed by atoms with E-state index >= 15 is 0 Å². The molecule has 210 valence electrons. The number of ether oxygens (including phenoxy) is 2. The van der Waals surface area contributed by atoms with Gasteiger partial charge >= 0.3 is 5.97 Å². The van der Waals surface area contributed by atoms with Crippen LogP contribution in [0.5, 0.6) is 5.75 Å². The summed E-state index contributed by atoms with van der Waals surface area (Å²) in [5.74, 6) is 0.618. The summed E-state index contributed by atoms with van der Waals surface area (Å²) >= 11 is 0. The normalized spacial score (nSPS) is 11.5. The summed E-state index contributed by atoms with van der Waals surface area (Å²) in [4.78, 5) is 16.5. The molecule has 0 radical (unpaired) electrons. The summed E-state index contributed by atoms with van der Waals surface area (Å²) in [5.41, 5.74) is 5.10. The lowest BCUT2D eigenvalue weighted by atomic mass is 9.82. The highest BCUT2D eigenvalue weighted by atomic mass is 19.1. The summed E-state index contributed by atoms with van der Waals surface area (Å²) < 4.78 is 33.5. The average Bonchev–Trinajstić information content (AvgIpc) is 3.69. The molecular formula is C35H29FN2O4. The van der Waals surface area contributed by atoms with Gasteiger partial charge in [0.15, 0.2) is 6.39 Å². The van der Waals surface area contributed by atoms with Crippen molar-refractivity contribution >= 4 is 16.9 Å². The van der Waals surface area contributed by atoms with Crippen LogP contribution >= 0.6 is 0 Å². The fraction of sp³-hybridized carbons (Fsp3) is 0.143. The molecule has 0 aliphatic carbocycles. The largest absolute Gasteiger partial charge is 0.488 e. The van der Waals surface area contributed by atoms with Gasteiger partial charge in [-0.05, 0) is 73.5 Å². The van der Waals surface area contributed by atoms with Crippen LogP contribution in [0.3, 0.4) is 0 Å². The third-order valence-corrected chi connectivity index (χ3v) is 7.51. The molecule has 0 amide bonds. The van der Waals surface area contributed by atoms with Crippen LogP contribution in [0, 0.1) is 5.82 Å². The lowest BCUT2D eigenvalue weighted by Gasteiger charge is -2.27. The minimum absolute atomic E-state index is 0.322. The van der Waals surface area contributed by atoms with Crippen LogP contribution in [0.1, 0.15) is 41.2 Å². The van der Waals surface area contributed by atoms with E-state index in [1.807, 2.05) is 60.7 Å². The molecule has 0 aliphatic heterocycles. The van der Waals surface area contributed by atoms with Crippen LogP contribution in [-0.2, 0) is 16.8 Å². The second-order valence-corrected chi connectivity index (χ2v) is 10.5. The molecule has 0 atom stereocenters. The summed E-state index contributed by atoms with van der Waals surface area (Å²) in [6.45, 7) is 4.51. The van der Waals surface area contributed by atoms with Crippen molar-refractivity contribution in [2.24, 2.45) is 0 Å². The lowest BCUT2D eigenvalue weighted by Crippen LogP contribution is -2.23. The summed E-state index contributed by atoms with van der Waals surface area (Å²) in [6.07, 6.45) is 3.13. The van der Waals surface area contributed by atoms with Gasteiger partial charge in [0.05, 0.1) is 35.2 Å². The van der Waals surface area contributed by atoms with Crippen molar-refractivity contribution in [3.05, 3.63) is 138 Å². The van der Waals surface area contributed by atoms with Crippen LogP contribution < -0.4 is 4.74 Å². The highest BCUT2D eigenvalue weighted by molar-refractivity contribution is 6.04. The molecule has 4 aromatic carbocycles. The van der Waals surface area contributed by atoms with Crippen molar-refractivity contribution in [2.75, 3.05) is 7.11 Å². The Morgan fingerprint density at radius 3 is 2.33 bits per heavy atom. The van der Waals surface area contributed by atoms with Crippen molar-refractivity contribution in [3.8, 4) is 22.6 Å². The number of fused-ring (bicyclic) bond motifs is 1. The number of rotatable bonds is 8. The van der Waals surface area contributed by atoms with Gasteiger partial charge in [-0.15, -0.1) is 0 Å². The number of carbonyl (C=O) groups excluding carboxylic acids is 1. The first-order valence-electron chi connectivity index (χ1n) is 13.6. The van der Waals surface area contributed by atoms with Crippen molar-refractivity contribution in [1.82, 2.24) is 9.55 Å². The van der Waals surface area contributed by atoms with Gasteiger partial charge < -0.3 is 18.5 Å². The molecular weight excluding hydrogens is 531 g/mol. The number of halogens is 1. The van der Waals surface area contributed by atoms with Crippen LogP contribution in [-0.4, -0.2) is 22.6 Å². The Labute approximate surface area is 243 Å². The Morgan fingerprint density at radius 1 is 0.929 bits per heavy atom. The molecule has 0 N–H and O–H groups in total. The predicted octanol–water partition coefficient (Wildman–Crippen LogP) is 8.12. The van der Waals surface area contributed by atoms with Gasteiger partial charge in [-0.1, -0.05) is 48.5 Å². The summed E-state index contributed by atoms with van der Waals surface area (Å²) in [6, 6.07) is 29.7. The van der Waals surface area contributed by atoms with E-state index in [2.05, 4.69) is 23.4 Å². The van der Waals surface area contributed by atoms with E-state index in [0.29, 0.717) is 23.7 Å². The summed E-state index contributed by atoms with van der Waals surface area (Å²) in [5, 5.41) is 0.881. The second-order valence-electron chi connectivity index (χ2n) is 10.5. The van der Waals surface area contributed by atoms with Gasteiger partial charge in [0, 0.05) is 16.9 Å². The molecule has 0 spiro atoms. The molecule has 0 unspecified atom stereocenters. The molecule has 0 aliphatic rings. The third kappa shape index (κ3) is 4.83. The minimum Gasteiger partial charge on any atom is -0.488 e. The van der Waals surface area contributed by atoms with E-state index in [1.165, 1.54) is 25.6 Å². The van der Waals surface area contributed by atoms with Gasteiger partial charge in [0.25, 0.3) is 0 Å². The van der Waals surface area contributed by atoms with E-state index in [0.717, 1.165) is 39.0 Å². The number of esters is 1. The van der Waals surface area contributed by atoms with E-state index in [9.17, 15) is 9.18 Å². The first-order chi connectivity index (χ1) is 20.4. The maximum atomic E-state index is 14.1. The fourth-order valence-corrected chi connectivity index (χ4v) is 5.43. The third-order valence-electron chi connectivity index (χ3n) is 7.51. The van der Waals surface area contributed by atoms with Gasteiger partial charge in [0.2, 0.25) is 0 Å². The number of hydrogen-bond acceptors (Lipinski definition) is 5. The van der Waals surface area contributed by atoms with Gasteiger partial charge in [-0.2, -0.15) is 0 Å². The maximum absolute atomic E-state index is 14.1. The molecule has 6 rings (SSSR count). The Kier molecular flexibility index (Phi) is 7.08. The lowest BCUT2D eigenvalue weighted by molar-refractivity contribution is 0.0600. The van der Waals surface area contributed by atoms with E-state index in [1.54, 1.807) is 30.5 Å². The first-order valence-corrected chi connectivity index (χ1v) is 13.6. The molecule has 42 heavy (non-hydrogen) atoms. The molecule has 0 bridgehead atoms. The second kappa shape index (κ2) is 11.0. The molecule has 7 heteroatoms. The Hall–Kier alpha value is -5.17. The summed E-state index contributed by atoms with van der Waals surface area (Å²) in [7, 11) is 1.36. The van der Waals surface area contributed by atoms with Crippen molar-refractivity contribution < 1.29 is 23.1 Å². The molecule has 0 saturated heterocycles. The van der Waals surface area contributed by atoms with E-state index in [-0.39, 0.29) is 5.82 Å². The molecule has 0 saturated carbocycles. The molecule has 6 nitrogen and oxygen atoms in total. The van der Waals surface area contributed by atoms with Gasteiger partial charge in [-0.3, -0.25) is 0 Å². The highest BCUT2D eigenvalue weighted by Crippen LogP contribution is 2.48. The molecule has 6 aromatic rings. The standard InChI is InChI=1S/C35H29FN2O4/c1-35(2,30-20-37-22-42-30)33-31(24-12-14-25(15-13-24)34(39)40-3)32-28(38(33)27-18-16-26(36)17-19-27)10-7-11-29(32)41-21-23-8-5-4-6-9-23/h4-20,22H,21H2,1-3H3. The first kappa shape index (κ1) is 27.0. The number of aromatic nitrogens is 2. The van der Waals surface area contributed by atoms with Crippen LogP contribution in [0.15, 0.2) is 114 Å². The van der Waals surface area contributed by atoms with Gasteiger partial charge in [0.1, 0.15) is 23.9 Å². The van der Waals surface area contributed by atoms with Crippen molar-refractivity contribution in [1.29, 1.82) is 0 Å². The number of benzene rings is 4. The van der Waals surface area contributed by atoms with E-state index in [4.69, 9.17) is 13.9 Å². The number of hydrogen-bond donors (Lipinski definition) is 0. The predicted molar refractivity (Wildman–Crippen MR) is 159 cm³/mol. The molecule has 2 heterocycles. The maximum Gasteiger partial charge on any atom is 0.337 e. The monoisotopic (exact) mass is 560 g/mol. The SMILES string of the molecule is COC(=O)c1ccc(-c2c(C(C)(C)c3cnco3)n(-c3ccc(F)cc3)c3cccc(OCc4ccccc4)c23)cc1. The zero-order valence-electron chi connectivity index (χ0n) is 23.5. The number of carbonyl (C=O) groups is 1. The van der Waals surface area contributed by atoms with Crippen LogP contribution in [0.25, 0.3) is 27.7 Å². The smallest absolute Gasteiger partial charge is 0.337 e. The number of oxazole rings is 1. The fourth-order valence-electron chi connectivity index (χ4n) is 5.43. The topological polar surface area (TPSA) is 66.5 Å². The highest BCUT2D eigenvalue weighted by Gasteiger charge is 2.36. The zero-order valence-corrected chi connectivity index (χ0v) is 23.5. The Balaban J connectivity index is 1.68. The van der Waals surface area contributed by atoms with Crippen molar-refractivity contribution in [3.63, 3.8) is 0 Å². The van der Waals surface area contributed by atoms with Crippen LogP contribution in [0.4, 0.5) is 4.39 Å². The average molecular weight is 561 g/mol. The quantitative estimate of drug-likeness (QED) is 0.176. The molecule has 2 aromatic heterocycles. The van der Waals surface area contributed by atoms with Crippen LogP contribution in [0.2, 0.25) is 0 Å². The Morgan fingerprint density at radius 2 is 1.67 bits per heavy atom. The molecule has 0 fully saturated rings. The minimum atomic E-state index is -0.697. The number of methoxy groups -OCH3 is 1. The number of nitrogens with zero attached hydrogens (tertiary/aromatic N) is 2. The van der Waals surface area contributed by atoms with E-state index < -0.39 is 11.4 Å².